The Hall–Kier alpha value is -1.89. The molecule has 2 heterocycles. The van der Waals surface area contributed by atoms with Crippen LogP contribution in [0.25, 0.3) is 0 Å². The Morgan fingerprint density at radius 1 is 1.18 bits per heavy atom. The molecule has 0 spiro atoms. The molecule has 5 fully saturated rings. The van der Waals surface area contributed by atoms with Gasteiger partial charge in [-0.1, -0.05) is 11.6 Å². The van der Waals surface area contributed by atoms with Gasteiger partial charge in [0.05, 0.1) is 10.4 Å². The Bertz CT molecular complexity index is 785. The minimum atomic E-state index is -0.665. The third-order valence-electron chi connectivity index (χ3n) is 7.33. The van der Waals surface area contributed by atoms with Crippen molar-refractivity contribution in [2.24, 2.45) is 23.2 Å². The molecule has 1 aromatic rings. The van der Waals surface area contributed by atoms with Gasteiger partial charge in [0.25, 0.3) is 0 Å². The summed E-state index contributed by atoms with van der Waals surface area (Å²) in [5, 5.41) is 10.2. The van der Waals surface area contributed by atoms with Crippen molar-refractivity contribution < 1.29 is 19.4 Å². The van der Waals surface area contributed by atoms with Crippen LogP contribution in [0.15, 0.2) is 12.4 Å². The molecule has 28 heavy (non-hydrogen) atoms. The SMILES string of the molecule is O=C(OC1[C@@H]2CC3C[C@H]1CC(C(=O)O)(C3)C2)N1CCC(c2ncc(Cl)cn2)C1. The van der Waals surface area contributed by atoms with E-state index < -0.39 is 11.4 Å². The molecule has 1 aliphatic heterocycles. The summed E-state index contributed by atoms with van der Waals surface area (Å²) < 4.78 is 5.97. The van der Waals surface area contributed by atoms with E-state index in [1.165, 1.54) is 0 Å². The van der Waals surface area contributed by atoms with Crippen molar-refractivity contribution in [3.63, 3.8) is 0 Å². The molecule has 4 saturated carbocycles. The summed E-state index contributed by atoms with van der Waals surface area (Å²) in [7, 11) is 0. The summed E-state index contributed by atoms with van der Waals surface area (Å²) >= 11 is 5.85. The lowest BCUT2D eigenvalue weighted by Gasteiger charge is -2.57. The maximum absolute atomic E-state index is 12.8. The van der Waals surface area contributed by atoms with E-state index in [1.807, 2.05) is 0 Å². The van der Waals surface area contributed by atoms with Crippen LogP contribution in [0.3, 0.4) is 0 Å². The summed E-state index contributed by atoms with van der Waals surface area (Å²) in [4.78, 5) is 34.9. The number of likely N-dealkylation sites (tertiary alicyclic amines) is 1. The molecule has 1 saturated heterocycles. The maximum atomic E-state index is 12.8. The third-order valence-corrected chi connectivity index (χ3v) is 7.52. The van der Waals surface area contributed by atoms with Crippen LogP contribution in [-0.4, -0.2) is 51.2 Å². The lowest BCUT2D eigenvalue weighted by Crippen LogP contribution is -2.57. The average Bonchev–Trinajstić information content (AvgIpc) is 3.15. The van der Waals surface area contributed by atoms with Crippen LogP contribution < -0.4 is 0 Å². The first-order valence-corrected chi connectivity index (χ1v) is 10.5. The summed E-state index contributed by atoms with van der Waals surface area (Å²) in [6.07, 6.45) is 7.62. The minimum Gasteiger partial charge on any atom is -0.481 e. The molecule has 4 bridgehead atoms. The second kappa shape index (κ2) is 6.58. The predicted molar refractivity (Wildman–Crippen MR) is 99.9 cm³/mol. The second-order valence-electron chi connectivity index (χ2n) is 9.09. The number of aromatic nitrogens is 2. The molecule has 7 nitrogen and oxygen atoms in total. The number of hydrogen-bond acceptors (Lipinski definition) is 5. The van der Waals surface area contributed by atoms with E-state index in [4.69, 9.17) is 16.3 Å². The van der Waals surface area contributed by atoms with Gasteiger partial charge in [-0.2, -0.15) is 0 Å². The molecule has 4 unspecified atom stereocenters. The first kappa shape index (κ1) is 18.2. The van der Waals surface area contributed by atoms with Gasteiger partial charge in [0, 0.05) is 31.4 Å². The van der Waals surface area contributed by atoms with E-state index in [2.05, 4.69) is 9.97 Å². The fourth-order valence-electron chi connectivity index (χ4n) is 6.29. The molecule has 4 aliphatic carbocycles. The number of carbonyl (C=O) groups excluding carboxylic acids is 1. The molecule has 8 heteroatoms. The monoisotopic (exact) mass is 405 g/mol. The number of amides is 1. The summed E-state index contributed by atoms with van der Waals surface area (Å²) in [6, 6.07) is 0. The van der Waals surface area contributed by atoms with Gasteiger partial charge in [0.2, 0.25) is 0 Å². The van der Waals surface area contributed by atoms with Gasteiger partial charge >= 0.3 is 12.1 Å². The van der Waals surface area contributed by atoms with E-state index >= 15 is 0 Å². The van der Waals surface area contributed by atoms with Gasteiger partial charge in [0.1, 0.15) is 11.9 Å². The van der Waals surface area contributed by atoms with Gasteiger partial charge in [0.15, 0.2) is 0 Å². The smallest absolute Gasteiger partial charge is 0.410 e. The Kier molecular flexibility index (Phi) is 4.27. The Morgan fingerprint density at radius 3 is 2.50 bits per heavy atom. The quantitative estimate of drug-likeness (QED) is 0.829. The van der Waals surface area contributed by atoms with Gasteiger partial charge in [-0.3, -0.25) is 4.79 Å². The molecule has 0 aromatic carbocycles. The Balaban J connectivity index is 1.23. The number of hydrogen-bond donors (Lipinski definition) is 1. The van der Waals surface area contributed by atoms with Crippen molar-refractivity contribution in [1.29, 1.82) is 0 Å². The highest BCUT2D eigenvalue weighted by molar-refractivity contribution is 6.30. The fraction of sp³-hybridized carbons (Fsp3) is 0.700. The standard InChI is InChI=1S/C20H24ClN3O4/c21-15-8-22-17(23-9-15)12-1-2-24(10-12)19(27)28-16-13-3-11-4-14(16)7-20(5-11,6-13)18(25)26/h8-9,11-14,16H,1-7,10H2,(H,25,26)/t11?,12?,13-,14+,16?,20?. The highest BCUT2D eigenvalue weighted by Gasteiger charge is 2.60. The highest BCUT2D eigenvalue weighted by atomic mass is 35.5. The molecule has 1 aromatic heterocycles. The minimum absolute atomic E-state index is 0.0959. The van der Waals surface area contributed by atoms with Crippen LogP contribution in [0.5, 0.6) is 0 Å². The summed E-state index contributed by atoms with van der Waals surface area (Å²) in [5.74, 6) is 0.980. The van der Waals surface area contributed by atoms with Crippen LogP contribution >= 0.6 is 11.6 Å². The van der Waals surface area contributed by atoms with Crippen molar-refractivity contribution in [3.8, 4) is 0 Å². The molecule has 1 N–H and O–H groups in total. The molecular formula is C20H24ClN3O4. The lowest BCUT2D eigenvalue weighted by atomic mass is 9.48. The number of ether oxygens (including phenoxy) is 1. The molecule has 6 atom stereocenters. The number of nitrogens with zero attached hydrogens (tertiary/aromatic N) is 3. The van der Waals surface area contributed by atoms with Crippen LogP contribution in [0.4, 0.5) is 4.79 Å². The summed E-state index contributed by atoms with van der Waals surface area (Å²) in [6.45, 7) is 1.17. The van der Waals surface area contributed by atoms with E-state index in [9.17, 15) is 14.7 Å². The number of carbonyl (C=O) groups is 2. The first-order valence-electron chi connectivity index (χ1n) is 10.1. The van der Waals surface area contributed by atoms with E-state index in [1.54, 1.807) is 17.3 Å². The zero-order chi connectivity index (χ0) is 19.5. The van der Waals surface area contributed by atoms with Crippen molar-refractivity contribution in [1.82, 2.24) is 14.9 Å². The predicted octanol–water partition coefficient (Wildman–Crippen LogP) is 3.34. The van der Waals surface area contributed by atoms with E-state index in [-0.39, 0.29) is 30.0 Å². The van der Waals surface area contributed by atoms with Gasteiger partial charge in [-0.15, -0.1) is 0 Å². The molecular weight excluding hydrogens is 382 g/mol. The molecule has 1 amide bonds. The van der Waals surface area contributed by atoms with Crippen molar-refractivity contribution in [3.05, 3.63) is 23.2 Å². The maximum Gasteiger partial charge on any atom is 0.410 e. The van der Waals surface area contributed by atoms with Crippen molar-refractivity contribution in [2.75, 3.05) is 13.1 Å². The highest BCUT2D eigenvalue weighted by Crippen LogP contribution is 2.60. The van der Waals surface area contributed by atoms with Crippen LogP contribution in [0.1, 0.15) is 50.3 Å². The fourth-order valence-corrected chi connectivity index (χ4v) is 6.39. The molecule has 150 valence electrons. The molecule has 0 radical (unpaired) electrons. The van der Waals surface area contributed by atoms with Crippen LogP contribution in [0.2, 0.25) is 5.02 Å². The van der Waals surface area contributed by atoms with Crippen molar-refractivity contribution >= 4 is 23.7 Å². The number of carboxylic acids is 1. The summed E-state index contributed by atoms with van der Waals surface area (Å²) in [5.41, 5.74) is -0.579. The number of aliphatic carboxylic acids is 1. The topological polar surface area (TPSA) is 92.6 Å². The number of halogens is 1. The third kappa shape index (κ3) is 2.95. The average molecular weight is 406 g/mol. The Labute approximate surface area is 168 Å². The lowest BCUT2D eigenvalue weighted by molar-refractivity contribution is -0.179. The van der Waals surface area contributed by atoms with Gasteiger partial charge < -0.3 is 14.7 Å². The largest absolute Gasteiger partial charge is 0.481 e. The number of rotatable bonds is 3. The van der Waals surface area contributed by atoms with Crippen LogP contribution in [0, 0.1) is 23.2 Å². The van der Waals surface area contributed by atoms with Crippen molar-refractivity contribution in [2.45, 2.75) is 50.5 Å². The van der Waals surface area contributed by atoms with Gasteiger partial charge in [-0.25, -0.2) is 14.8 Å². The zero-order valence-electron chi connectivity index (χ0n) is 15.6. The Morgan fingerprint density at radius 2 is 1.86 bits per heavy atom. The first-order chi connectivity index (χ1) is 13.4. The van der Waals surface area contributed by atoms with Crippen LogP contribution in [-0.2, 0) is 9.53 Å². The second-order valence-corrected chi connectivity index (χ2v) is 9.53. The molecule has 6 rings (SSSR count). The number of carboxylic acid groups (broad SMARTS) is 1. The van der Waals surface area contributed by atoms with Gasteiger partial charge in [-0.05, 0) is 56.3 Å². The van der Waals surface area contributed by atoms with E-state index in [0.717, 1.165) is 25.7 Å². The van der Waals surface area contributed by atoms with E-state index in [0.29, 0.717) is 42.7 Å². The normalized spacial score (nSPS) is 38.6. The molecule has 5 aliphatic rings. The zero-order valence-corrected chi connectivity index (χ0v) is 16.3.